The highest BCUT2D eigenvalue weighted by molar-refractivity contribution is 5.93. The van der Waals surface area contributed by atoms with E-state index >= 15 is 0 Å². The van der Waals surface area contributed by atoms with E-state index in [1.54, 1.807) is 6.20 Å². The van der Waals surface area contributed by atoms with Gasteiger partial charge in [0.2, 0.25) is 0 Å². The SMILES string of the molecule is CN(c1ccc(C2CCCC2)cc1)c1ccc2c(c1)CCN(C)[C@H]2CNc1cnccc1C(=O)O. The van der Waals surface area contributed by atoms with Crippen LogP contribution in [0.5, 0.6) is 0 Å². The minimum Gasteiger partial charge on any atom is -0.478 e. The summed E-state index contributed by atoms with van der Waals surface area (Å²) >= 11 is 0. The lowest BCUT2D eigenvalue weighted by Gasteiger charge is -2.36. The van der Waals surface area contributed by atoms with Crippen molar-refractivity contribution in [3.8, 4) is 0 Å². The minimum atomic E-state index is -0.948. The standard InChI is InChI=1S/C29H34N4O2/c1-32-16-14-22-17-24(33(2)23-9-7-21(8-10-23)20-5-3-4-6-20)11-12-25(22)28(32)19-31-27-18-30-15-13-26(27)29(34)35/h7-13,15,17-18,20,28,31H,3-6,14,16,19H2,1-2H3,(H,34,35)/t28-/m0/s1. The van der Waals surface area contributed by atoms with Crippen LogP contribution in [0.3, 0.4) is 0 Å². The molecule has 5 rings (SSSR count). The second kappa shape index (κ2) is 10.1. The van der Waals surface area contributed by atoms with Gasteiger partial charge in [0.1, 0.15) is 0 Å². The molecule has 0 saturated heterocycles. The van der Waals surface area contributed by atoms with Crippen LogP contribution in [0, 0.1) is 0 Å². The van der Waals surface area contributed by atoms with Crippen molar-refractivity contribution in [1.82, 2.24) is 9.88 Å². The Bertz CT molecular complexity index is 1190. The zero-order valence-electron chi connectivity index (χ0n) is 20.6. The van der Waals surface area contributed by atoms with Crippen LogP contribution in [0.4, 0.5) is 17.1 Å². The summed E-state index contributed by atoms with van der Waals surface area (Å²) in [6.45, 7) is 1.58. The molecule has 0 unspecified atom stereocenters. The third-order valence-corrected chi connectivity index (χ3v) is 7.78. The molecular formula is C29H34N4O2. The molecule has 1 aliphatic carbocycles. The molecule has 2 aliphatic rings. The number of fused-ring (bicyclic) bond motifs is 1. The van der Waals surface area contributed by atoms with Gasteiger partial charge >= 0.3 is 5.97 Å². The molecule has 182 valence electrons. The number of pyridine rings is 1. The summed E-state index contributed by atoms with van der Waals surface area (Å²) < 4.78 is 0. The number of carbonyl (C=O) groups is 1. The van der Waals surface area contributed by atoms with Crippen LogP contribution < -0.4 is 10.2 Å². The summed E-state index contributed by atoms with van der Waals surface area (Å²) in [5.41, 5.74) is 7.31. The first kappa shape index (κ1) is 23.4. The van der Waals surface area contributed by atoms with Crippen LogP contribution in [0.15, 0.2) is 60.9 Å². The van der Waals surface area contributed by atoms with Gasteiger partial charge in [0, 0.05) is 37.7 Å². The molecule has 0 spiro atoms. The first-order chi connectivity index (χ1) is 17.0. The molecule has 1 aromatic heterocycles. The zero-order chi connectivity index (χ0) is 24.4. The van der Waals surface area contributed by atoms with Crippen LogP contribution in [0.25, 0.3) is 0 Å². The van der Waals surface area contributed by atoms with E-state index < -0.39 is 5.97 Å². The van der Waals surface area contributed by atoms with Crippen LogP contribution in [-0.4, -0.2) is 48.1 Å². The van der Waals surface area contributed by atoms with E-state index in [0.29, 0.717) is 12.2 Å². The number of benzene rings is 2. The number of hydrogen-bond acceptors (Lipinski definition) is 5. The lowest BCUT2D eigenvalue weighted by molar-refractivity contribution is 0.0697. The monoisotopic (exact) mass is 470 g/mol. The van der Waals surface area contributed by atoms with Crippen molar-refractivity contribution in [2.45, 2.75) is 44.1 Å². The molecule has 3 aromatic rings. The fourth-order valence-corrected chi connectivity index (χ4v) is 5.60. The summed E-state index contributed by atoms with van der Waals surface area (Å²) in [7, 11) is 4.26. The van der Waals surface area contributed by atoms with Crippen LogP contribution in [-0.2, 0) is 6.42 Å². The molecule has 1 fully saturated rings. The number of aromatic carboxylic acids is 1. The van der Waals surface area contributed by atoms with E-state index in [2.05, 4.69) is 76.7 Å². The largest absolute Gasteiger partial charge is 0.478 e. The molecule has 35 heavy (non-hydrogen) atoms. The Morgan fingerprint density at radius 2 is 1.86 bits per heavy atom. The van der Waals surface area contributed by atoms with Crippen molar-refractivity contribution >= 4 is 23.0 Å². The highest BCUT2D eigenvalue weighted by Crippen LogP contribution is 2.36. The Kier molecular flexibility index (Phi) is 6.73. The number of nitrogens with zero attached hydrogens (tertiary/aromatic N) is 3. The molecule has 1 saturated carbocycles. The summed E-state index contributed by atoms with van der Waals surface area (Å²) in [5, 5.41) is 12.8. The fraction of sp³-hybridized carbons (Fsp3) is 0.379. The van der Waals surface area contributed by atoms with Crippen molar-refractivity contribution in [3.63, 3.8) is 0 Å². The highest BCUT2D eigenvalue weighted by atomic mass is 16.4. The number of carboxylic acid groups (broad SMARTS) is 1. The zero-order valence-corrected chi connectivity index (χ0v) is 20.6. The van der Waals surface area contributed by atoms with Gasteiger partial charge in [-0.2, -0.15) is 0 Å². The second-order valence-electron chi connectivity index (χ2n) is 9.87. The number of nitrogens with one attached hydrogen (secondary N) is 1. The normalized spacial score (nSPS) is 18.3. The van der Waals surface area contributed by atoms with Gasteiger partial charge in [0.25, 0.3) is 0 Å². The number of likely N-dealkylation sites (N-methyl/N-ethyl adjacent to an activating group) is 1. The maximum atomic E-state index is 11.6. The minimum absolute atomic E-state index is 0.158. The predicted molar refractivity (Wildman–Crippen MR) is 141 cm³/mol. The third-order valence-electron chi connectivity index (χ3n) is 7.78. The van der Waals surface area contributed by atoms with Crippen molar-refractivity contribution in [3.05, 3.63) is 83.2 Å². The Hall–Kier alpha value is -3.38. The number of anilines is 3. The van der Waals surface area contributed by atoms with E-state index in [0.717, 1.165) is 18.9 Å². The van der Waals surface area contributed by atoms with Crippen molar-refractivity contribution < 1.29 is 9.90 Å². The number of carboxylic acids is 1. The van der Waals surface area contributed by atoms with E-state index in [4.69, 9.17) is 0 Å². The first-order valence-electron chi connectivity index (χ1n) is 12.6. The van der Waals surface area contributed by atoms with Gasteiger partial charge in [0.15, 0.2) is 0 Å². The van der Waals surface area contributed by atoms with Gasteiger partial charge in [-0.05, 0) is 79.3 Å². The number of aromatic nitrogens is 1. The maximum absolute atomic E-state index is 11.6. The Morgan fingerprint density at radius 3 is 2.60 bits per heavy atom. The summed E-state index contributed by atoms with van der Waals surface area (Å²) in [4.78, 5) is 20.2. The topological polar surface area (TPSA) is 68.7 Å². The Morgan fingerprint density at radius 1 is 1.11 bits per heavy atom. The van der Waals surface area contributed by atoms with Gasteiger partial charge in [-0.25, -0.2) is 4.79 Å². The molecule has 0 radical (unpaired) electrons. The van der Waals surface area contributed by atoms with Gasteiger partial charge in [-0.3, -0.25) is 9.88 Å². The van der Waals surface area contributed by atoms with Crippen molar-refractivity contribution in [2.24, 2.45) is 0 Å². The van der Waals surface area contributed by atoms with E-state index in [1.165, 1.54) is 66.0 Å². The molecule has 2 N–H and O–H groups in total. The Labute approximate surface area is 207 Å². The molecule has 1 atom stereocenters. The molecule has 1 aliphatic heterocycles. The van der Waals surface area contributed by atoms with Gasteiger partial charge in [0.05, 0.1) is 23.5 Å². The molecule has 6 nitrogen and oxygen atoms in total. The van der Waals surface area contributed by atoms with Gasteiger partial charge in [-0.1, -0.05) is 31.0 Å². The predicted octanol–water partition coefficient (Wildman–Crippen LogP) is 5.85. The first-order valence-corrected chi connectivity index (χ1v) is 12.6. The molecule has 2 aromatic carbocycles. The number of hydrogen-bond donors (Lipinski definition) is 2. The smallest absolute Gasteiger partial charge is 0.337 e. The second-order valence-corrected chi connectivity index (χ2v) is 9.87. The lowest BCUT2D eigenvalue weighted by atomic mass is 9.92. The third kappa shape index (κ3) is 4.89. The molecule has 2 heterocycles. The molecular weight excluding hydrogens is 436 g/mol. The van der Waals surface area contributed by atoms with Crippen molar-refractivity contribution in [1.29, 1.82) is 0 Å². The average molecular weight is 471 g/mol. The highest BCUT2D eigenvalue weighted by Gasteiger charge is 2.26. The Balaban J connectivity index is 1.33. The number of rotatable bonds is 7. The molecule has 6 heteroatoms. The van der Waals surface area contributed by atoms with E-state index in [9.17, 15) is 9.90 Å². The summed E-state index contributed by atoms with van der Waals surface area (Å²) in [6.07, 6.45) is 9.45. The van der Waals surface area contributed by atoms with Crippen LogP contribution in [0.2, 0.25) is 0 Å². The lowest BCUT2D eigenvalue weighted by Crippen LogP contribution is -2.36. The fourth-order valence-electron chi connectivity index (χ4n) is 5.60. The van der Waals surface area contributed by atoms with E-state index in [-0.39, 0.29) is 11.6 Å². The summed E-state index contributed by atoms with van der Waals surface area (Å²) in [5.74, 6) is -0.213. The summed E-state index contributed by atoms with van der Waals surface area (Å²) in [6, 6.07) is 17.5. The van der Waals surface area contributed by atoms with Gasteiger partial charge < -0.3 is 15.3 Å². The quantitative estimate of drug-likeness (QED) is 0.452. The van der Waals surface area contributed by atoms with Crippen LogP contribution >= 0.6 is 0 Å². The van der Waals surface area contributed by atoms with Gasteiger partial charge in [-0.15, -0.1) is 0 Å². The van der Waals surface area contributed by atoms with E-state index in [1.807, 2.05) is 0 Å². The molecule has 0 bridgehead atoms. The maximum Gasteiger partial charge on any atom is 0.337 e. The van der Waals surface area contributed by atoms with Crippen molar-refractivity contribution in [2.75, 3.05) is 37.4 Å². The van der Waals surface area contributed by atoms with Crippen LogP contribution in [0.1, 0.15) is 64.7 Å². The average Bonchev–Trinajstić information content (AvgIpc) is 3.43. The molecule has 0 amide bonds.